The molecule has 1 heterocycles. The lowest BCUT2D eigenvalue weighted by Gasteiger charge is -2.44. The highest BCUT2D eigenvalue weighted by Gasteiger charge is 2.35. The summed E-state index contributed by atoms with van der Waals surface area (Å²) in [6, 6.07) is 0. The number of rotatable bonds is 2. The Labute approximate surface area is 75.3 Å². The van der Waals surface area contributed by atoms with Crippen molar-refractivity contribution in [1.29, 1.82) is 0 Å². The molecule has 0 unspecified atom stereocenters. The van der Waals surface area contributed by atoms with Crippen molar-refractivity contribution in [3.63, 3.8) is 0 Å². The maximum absolute atomic E-state index is 5.59. The van der Waals surface area contributed by atoms with E-state index in [1.165, 1.54) is 0 Å². The first-order valence-corrected chi connectivity index (χ1v) is 4.52. The number of hydrogen-bond donors (Lipinski definition) is 0. The van der Waals surface area contributed by atoms with Gasteiger partial charge in [-0.2, -0.15) is 0 Å². The second-order valence-corrected chi connectivity index (χ2v) is 3.85. The zero-order valence-corrected chi connectivity index (χ0v) is 8.63. The van der Waals surface area contributed by atoms with Crippen LogP contribution in [-0.2, 0) is 4.74 Å². The summed E-state index contributed by atoms with van der Waals surface area (Å²) in [5.74, 6) is 0. The third-order valence-corrected chi connectivity index (χ3v) is 2.96. The molecule has 0 aromatic rings. The molecule has 1 fully saturated rings. The Hall–Kier alpha value is -0.120. The van der Waals surface area contributed by atoms with Gasteiger partial charge in [0, 0.05) is 33.0 Å². The lowest BCUT2D eigenvalue weighted by atomic mass is 9.99. The summed E-state index contributed by atoms with van der Waals surface area (Å²) in [5, 5.41) is 0. The Bertz CT molecular complexity index is 139. The van der Waals surface area contributed by atoms with E-state index < -0.39 is 0 Å². The van der Waals surface area contributed by atoms with Crippen molar-refractivity contribution < 1.29 is 4.74 Å². The SMILES string of the molecule is COC1(N(C)C)CCN(C)CC1. The normalized spacial score (nSPS) is 24.8. The molecule has 1 rings (SSSR count). The van der Waals surface area contributed by atoms with Gasteiger partial charge < -0.3 is 9.64 Å². The third kappa shape index (κ3) is 1.79. The van der Waals surface area contributed by atoms with Gasteiger partial charge in [0.25, 0.3) is 0 Å². The Morgan fingerprint density at radius 3 is 2.08 bits per heavy atom. The highest BCUT2D eigenvalue weighted by Crippen LogP contribution is 2.26. The van der Waals surface area contributed by atoms with Crippen LogP contribution in [0, 0.1) is 0 Å². The summed E-state index contributed by atoms with van der Waals surface area (Å²) in [5.41, 5.74) is -0.00743. The van der Waals surface area contributed by atoms with Crippen molar-refractivity contribution in [3.8, 4) is 0 Å². The summed E-state index contributed by atoms with van der Waals surface area (Å²) >= 11 is 0. The van der Waals surface area contributed by atoms with Crippen LogP contribution >= 0.6 is 0 Å². The molecule has 72 valence electrons. The van der Waals surface area contributed by atoms with Gasteiger partial charge in [-0.15, -0.1) is 0 Å². The van der Waals surface area contributed by atoms with Crippen molar-refractivity contribution in [2.75, 3.05) is 41.3 Å². The van der Waals surface area contributed by atoms with Crippen molar-refractivity contribution in [3.05, 3.63) is 0 Å². The summed E-state index contributed by atoms with van der Waals surface area (Å²) in [7, 11) is 8.16. The van der Waals surface area contributed by atoms with Gasteiger partial charge in [0.15, 0.2) is 0 Å². The van der Waals surface area contributed by atoms with Crippen LogP contribution in [0.2, 0.25) is 0 Å². The predicted octanol–water partition coefficient (Wildman–Crippen LogP) is 0.616. The maximum Gasteiger partial charge on any atom is 0.123 e. The van der Waals surface area contributed by atoms with Crippen LogP contribution in [0.25, 0.3) is 0 Å². The van der Waals surface area contributed by atoms with Crippen molar-refractivity contribution in [1.82, 2.24) is 9.80 Å². The van der Waals surface area contributed by atoms with E-state index in [-0.39, 0.29) is 5.72 Å². The quantitative estimate of drug-likeness (QED) is 0.568. The highest BCUT2D eigenvalue weighted by atomic mass is 16.5. The second kappa shape index (κ2) is 3.73. The van der Waals surface area contributed by atoms with Crippen LogP contribution < -0.4 is 0 Å². The molecule has 1 aliphatic rings. The van der Waals surface area contributed by atoms with Gasteiger partial charge >= 0.3 is 0 Å². The minimum Gasteiger partial charge on any atom is -0.364 e. The van der Waals surface area contributed by atoms with Crippen molar-refractivity contribution >= 4 is 0 Å². The van der Waals surface area contributed by atoms with Crippen molar-refractivity contribution in [2.45, 2.75) is 18.6 Å². The molecule has 12 heavy (non-hydrogen) atoms. The lowest BCUT2D eigenvalue weighted by molar-refractivity contribution is -0.144. The Morgan fingerprint density at radius 2 is 1.75 bits per heavy atom. The van der Waals surface area contributed by atoms with Gasteiger partial charge in [-0.25, -0.2) is 0 Å². The van der Waals surface area contributed by atoms with Gasteiger partial charge in [0.05, 0.1) is 0 Å². The molecule has 0 N–H and O–H groups in total. The van der Waals surface area contributed by atoms with E-state index in [0.717, 1.165) is 25.9 Å². The van der Waals surface area contributed by atoms with Gasteiger partial charge in [-0.3, -0.25) is 4.90 Å². The monoisotopic (exact) mass is 172 g/mol. The summed E-state index contributed by atoms with van der Waals surface area (Å²) in [6.45, 7) is 2.26. The molecule has 1 saturated heterocycles. The number of methoxy groups -OCH3 is 1. The molecule has 0 atom stereocenters. The fraction of sp³-hybridized carbons (Fsp3) is 1.00. The molecule has 0 saturated carbocycles. The molecule has 0 amide bonds. The summed E-state index contributed by atoms with van der Waals surface area (Å²) < 4.78 is 5.59. The number of piperidine rings is 1. The number of hydrogen-bond acceptors (Lipinski definition) is 3. The number of ether oxygens (including phenoxy) is 1. The van der Waals surface area contributed by atoms with E-state index >= 15 is 0 Å². The predicted molar refractivity (Wildman–Crippen MR) is 50.2 cm³/mol. The maximum atomic E-state index is 5.59. The van der Waals surface area contributed by atoms with Gasteiger partial charge in [0.1, 0.15) is 5.72 Å². The number of nitrogens with zero attached hydrogens (tertiary/aromatic N) is 2. The zero-order valence-electron chi connectivity index (χ0n) is 8.63. The van der Waals surface area contributed by atoms with E-state index in [9.17, 15) is 0 Å². The molecular formula is C9H20N2O. The van der Waals surface area contributed by atoms with E-state index in [2.05, 4.69) is 30.9 Å². The zero-order chi connectivity index (χ0) is 9.19. The molecule has 0 spiro atoms. The van der Waals surface area contributed by atoms with Gasteiger partial charge in [-0.1, -0.05) is 0 Å². The van der Waals surface area contributed by atoms with E-state index in [1.54, 1.807) is 0 Å². The lowest BCUT2D eigenvalue weighted by Crippen LogP contribution is -2.53. The molecule has 0 aliphatic carbocycles. The third-order valence-electron chi connectivity index (χ3n) is 2.96. The van der Waals surface area contributed by atoms with Crippen LogP contribution in [0.3, 0.4) is 0 Å². The smallest absolute Gasteiger partial charge is 0.123 e. The minimum atomic E-state index is -0.00743. The van der Waals surface area contributed by atoms with Crippen LogP contribution in [-0.4, -0.2) is 56.9 Å². The average Bonchev–Trinajstić information content (AvgIpc) is 2.06. The molecular weight excluding hydrogens is 152 g/mol. The minimum absolute atomic E-state index is 0.00743. The summed E-state index contributed by atoms with van der Waals surface area (Å²) in [6.07, 6.45) is 2.21. The molecule has 3 nitrogen and oxygen atoms in total. The van der Waals surface area contributed by atoms with Gasteiger partial charge in [0.2, 0.25) is 0 Å². The molecule has 1 aliphatic heterocycles. The first kappa shape index (κ1) is 9.96. The van der Waals surface area contributed by atoms with E-state index in [0.29, 0.717) is 0 Å². The van der Waals surface area contributed by atoms with Gasteiger partial charge in [-0.05, 0) is 21.1 Å². The highest BCUT2D eigenvalue weighted by molar-refractivity contribution is 4.83. The van der Waals surface area contributed by atoms with Crippen molar-refractivity contribution in [2.24, 2.45) is 0 Å². The van der Waals surface area contributed by atoms with Crippen LogP contribution in [0.1, 0.15) is 12.8 Å². The standard InChI is InChI=1S/C9H20N2O/c1-10(2)9(12-4)5-7-11(3)8-6-9/h5-8H2,1-4H3. The van der Waals surface area contributed by atoms with Crippen LogP contribution in [0.15, 0.2) is 0 Å². The Morgan fingerprint density at radius 1 is 1.25 bits per heavy atom. The fourth-order valence-electron chi connectivity index (χ4n) is 1.80. The topological polar surface area (TPSA) is 15.7 Å². The first-order chi connectivity index (χ1) is 5.60. The molecule has 3 heteroatoms. The Balaban J connectivity index is 2.57. The summed E-state index contributed by atoms with van der Waals surface area (Å²) in [4.78, 5) is 4.54. The first-order valence-electron chi connectivity index (χ1n) is 4.52. The molecule has 0 aromatic carbocycles. The molecule has 0 aromatic heterocycles. The Kier molecular flexibility index (Phi) is 3.09. The second-order valence-electron chi connectivity index (χ2n) is 3.85. The molecule has 0 radical (unpaired) electrons. The molecule has 0 bridgehead atoms. The van der Waals surface area contributed by atoms with Crippen LogP contribution in [0.4, 0.5) is 0 Å². The largest absolute Gasteiger partial charge is 0.364 e. The average molecular weight is 172 g/mol. The van der Waals surface area contributed by atoms with E-state index in [1.807, 2.05) is 7.11 Å². The number of likely N-dealkylation sites (tertiary alicyclic amines) is 1. The van der Waals surface area contributed by atoms with Crippen LogP contribution in [0.5, 0.6) is 0 Å². The van der Waals surface area contributed by atoms with E-state index in [4.69, 9.17) is 4.74 Å². The fourth-order valence-corrected chi connectivity index (χ4v) is 1.80.